The fourth-order valence-electron chi connectivity index (χ4n) is 2.03. The van der Waals surface area contributed by atoms with Gasteiger partial charge in [-0.2, -0.15) is 4.98 Å². The highest BCUT2D eigenvalue weighted by atomic mass is 32.2. The van der Waals surface area contributed by atoms with Crippen LogP contribution in [0.1, 0.15) is 5.56 Å². The van der Waals surface area contributed by atoms with Gasteiger partial charge in [0, 0.05) is 5.69 Å². The predicted octanol–water partition coefficient (Wildman–Crippen LogP) is 1.27. The molecule has 0 spiro atoms. The van der Waals surface area contributed by atoms with Gasteiger partial charge in [-0.1, -0.05) is 23.9 Å². The standard InChI is InChI=1S/C14H14N6O2S/c1-7-3-2-4-8(5-7)16-9(21)6-23-14-17-10-11(19-14)18-13(15)20-12(10)22/h2-5H,6H2,1H3,(H,16,21)(H4,15,17,18,19,20,22). The number of hydrogen-bond acceptors (Lipinski definition) is 6. The highest BCUT2D eigenvalue weighted by Crippen LogP contribution is 2.17. The van der Waals surface area contributed by atoms with Crippen LogP contribution in [0.5, 0.6) is 0 Å². The van der Waals surface area contributed by atoms with E-state index in [1.807, 2.05) is 31.2 Å². The zero-order valence-electron chi connectivity index (χ0n) is 12.2. The molecule has 0 saturated heterocycles. The molecule has 118 valence electrons. The van der Waals surface area contributed by atoms with Crippen molar-refractivity contribution < 1.29 is 4.79 Å². The van der Waals surface area contributed by atoms with Gasteiger partial charge in [-0.15, -0.1) is 0 Å². The van der Waals surface area contributed by atoms with Crippen molar-refractivity contribution in [1.82, 2.24) is 19.9 Å². The summed E-state index contributed by atoms with van der Waals surface area (Å²) in [7, 11) is 0. The van der Waals surface area contributed by atoms with Gasteiger partial charge >= 0.3 is 0 Å². The van der Waals surface area contributed by atoms with Crippen molar-refractivity contribution in [3.8, 4) is 0 Å². The maximum Gasteiger partial charge on any atom is 0.278 e. The van der Waals surface area contributed by atoms with Crippen LogP contribution >= 0.6 is 11.8 Å². The number of aromatic amines is 2. The Kier molecular flexibility index (Phi) is 4.02. The van der Waals surface area contributed by atoms with Crippen LogP contribution in [0.15, 0.2) is 34.2 Å². The lowest BCUT2D eigenvalue weighted by Gasteiger charge is -2.04. The van der Waals surface area contributed by atoms with E-state index in [-0.39, 0.29) is 28.8 Å². The minimum atomic E-state index is -0.393. The summed E-state index contributed by atoms with van der Waals surface area (Å²) in [6.07, 6.45) is 0. The Morgan fingerprint density at radius 1 is 1.35 bits per heavy atom. The van der Waals surface area contributed by atoms with Crippen LogP contribution in [-0.2, 0) is 4.79 Å². The van der Waals surface area contributed by atoms with Gasteiger partial charge in [0.1, 0.15) is 0 Å². The fourth-order valence-corrected chi connectivity index (χ4v) is 2.69. The maximum atomic E-state index is 12.0. The van der Waals surface area contributed by atoms with Gasteiger partial charge in [-0.05, 0) is 24.6 Å². The molecule has 0 fully saturated rings. The van der Waals surface area contributed by atoms with Crippen molar-refractivity contribution in [2.24, 2.45) is 0 Å². The number of rotatable bonds is 4. The number of hydrogen-bond donors (Lipinski definition) is 4. The van der Waals surface area contributed by atoms with Crippen molar-refractivity contribution in [3.63, 3.8) is 0 Å². The number of thioether (sulfide) groups is 1. The van der Waals surface area contributed by atoms with Crippen LogP contribution in [0, 0.1) is 6.92 Å². The normalized spacial score (nSPS) is 10.8. The molecule has 0 aliphatic carbocycles. The number of benzene rings is 1. The third-order valence-corrected chi connectivity index (χ3v) is 3.87. The van der Waals surface area contributed by atoms with Crippen LogP contribution < -0.4 is 16.6 Å². The topological polar surface area (TPSA) is 130 Å². The number of nitrogens with zero attached hydrogens (tertiary/aromatic N) is 2. The summed E-state index contributed by atoms with van der Waals surface area (Å²) in [5.74, 6) is -0.00795. The van der Waals surface area contributed by atoms with Gasteiger partial charge in [0.05, 0.1) is 5.75 Å². The summed E-state index contributed by atoms with van der Waals surface area (Å²) in [5.41, 5.74) is 7.34. The van der Waals surface area contributed by atoms with Gasteiger partial charge in [0.15, 0.2) is 16.3 Å². The third kappa shape index (κ3) is 3.51. The van der Waals surface area contributed by atoms with Gasteiger partial charge in [-0.25, -0.2) is 4.98 Å². The molecule has 0 radical (unpaired) electrons. The monoisotopic (exact) mass is 330 g/mol. The van der Waals surface area contributed by atoms with Gasteiger partial charge in [0.25, 0.3) is 5.56 Å². The number of aromatic nitrogens is 4. The summed E-state index contributed by atoms with van der Waals surface area (Å²) in [5, 5.41) is 3.24. The molecule has 0 bridgehead atoms. The summed E-state index contributed by atoms with van der Waals surface area (Å²) in [6, 6.07) is 7.54. The van der Waals surface area contributed by atoms with E-state index < -0.39 is 5.56 Å². The summed E-state index contributed by atoms with van der Waals surface area (Å²) >= 11 is 1.18. The van der Waals surface area contributed by atoms with Crippen LogP contribution in [0.3, 0.4) is 0 Å². The van der Waals surface area contributed by atoms with E-state index in [1.165, 1.54) is 11.8 Å². The Labute approximate surface area is 134 Å². The molecule has 1 aromatic carbocycles. The molecule has 2 heterocycles. The number of nitrogens with one attached hydrogen (secondary N) is 3. The SMILES string of the molecule is Cc1cccc(NC(=O)CSc2nc3nc(N)[nH]c(=O)c3[nH]2)c1. The Bertz CT molecular complexity index is 932. The van der Waals surface area contributed by atoms with Crippen molar-refractivity contribution in [2.45, 2.75) is 12.1 Å². The van der Waals surface area contributed by atoms with E-state index in [1.54, 1.807) is 0 Å². The molecule has 3 rings (SSSR count). The number of imidazole rings is 1. The number of amides is 1. The van der Waals surface area contributed by atoms with Gasteiger partial charge in [-0.3, -0.25) is 14.6 Å². The zero-order chi connectivity index (χ0) is 16.4. The molecule has 1 amide bonds. The molecule has 0 unspecified atom stereocenters. The first kappa shape index (κ1) is 15.1. The minimum absolute atomic E-state index is 0.00254. The molecule has 0 aliphatic rings. The van der Waals surface area contributed by atoms with E-state index in [4.69, 9.17) is 5.73 Å². The van der Waals surface area contributed by atoms with Crippen LogP contribution in [-0.4, -0.2) is 31.6 Å². The average molecular weight is 330 g/mol. The Morgan fingerprint density at radius 2 is 2.17 bits per heavy atom. The number of aryl methyl sites for hydroxylation is 1. The second-order valence-electron chi connectivity index (χ2n) is 4.90. The molecule has 9 heteroatoms. The van der Waals surface area contributed by atoms with E-state index >= 15 is 0 Å². The second kappa shape index (κ2) is 6.13. The number of H-pyrrole nitrogens is 2. The lowest BCUT2D eigenvalue weighted by Crippen LogP contribution is -2.14. The zero-order valence-corrected chi connectivity index (χ0v) is 13.0. The summed E-state index contributed by atoms with van der Waals surface area (Å²) in [4.78, 5) is 36.9. The fraction of sp³-hybridized carbons (Fsp3) is 0.143. The minimum Gasteiger partial charge on any atom is -0.369 e. The molecule has 0 saturated carbocycles. The summed E-state index contributed by atoms with van der Waals surface area (Å²) in [6.45, 7) is 1.95. The van der Waals surface area contributed by atoms with Crippen LogP contribution in [0.25, 0.3) is 11.2 Å². The maximum absolute atomic E-state index is 12.0. The first-order valence-electron chi connectivity index (χ1n) is 6.76. The predicted molar refractivity (Wildman–Crippen MR) is 89.5 cm³/mol. The molecular formula is C14H14N6O2S. The molecule has 8 nitrogen and oxygen atoms in total. The molecule has 5 N–H and O–H groups in total. The Hall–Kier alpha value is -2.81. The third-order valence-electron chi connectivity index (χ3n) is 3.00. The molecule has 2 aromatic heterocycles. The molecule has 0 atom stereocenters. The number of anilines is 2. The van der Waals surface area contributed by atoms with Crippen molar-refractivity contribution in [3.05, 3.63) is 40.2 Å². The number of fused-ring (bicyclic) bond motifs is 1. The second-order valence-corrected chi connectivity index (χ2v) is 5.86. The quantitative estimate of drug-likeness (QED) is 0.533. The highest BCUT2D eigenvalue weighted by molar-refractivity contribution is 7.99. The van der Waals surface area contributed by atoms with Crippen molar-refractivity contribution in [1.29, 1.82) is 0 Å². The van der Waals surface area contributed by atoms with Gasteiger partial charge in [0.2, 0.25) is 11.9 Å². The van der Waals surface area contributed by atoms with Crippen molar-refractivity contribution >= 4 is 40.5 Å². The van der Waals surface area contributed by atoms with Crippen LogP contribution in [0.4, 0.5) is 11.6 Å². The largest absolute Gasteiger partial charge is 0.369 e. The summed E-state index contributed by atoms with van der Waals surface area (Å²) < 4.78 is 0. The number of nitrogens with two attached hydrogens (primary N) is 1. The smallest absolute Gasteiger partial charge is 0.278 e. The van der Waals surface area contributed by atoms with Crippen LogP contribution in [0.2, 0.25) is 0 Å². The lowest BCUT2D eigenvalue weighted by atomic mass is 10.2. The van der Waals surface area contributed by atoms with E-state index in [0.29, 0.717) is 5.16 Å². The van der Waals surface area contributed by atoms with Crippen molar-refractivity contribution in [2.75, 3.05) is 16.8 Å². The van der Waals surface area contributed by atoms with E-state index in [0.717, 1.165) is 11.3 Å². The number of nitrogen functional groups attached to an aromatic ring is 1. The average Bonchev–Trinajstić information content (AvgIpc) is 2.88. The lowest BCUT2D eigenvalue weighted by molar-refractivity contribution is -0.113. The van der Waals surface area contributed by atoms with E-state index in [9.17, 15) is 9.59 Å². The first-order valence-corrected chi connectivity index (χ1v) is 7.74. The number of carbonyl (C=O) groups is 1. The molecular weight excluding hydrogens is 316 g/mol. The van der Waals surface area contributed by atoms with E-state index in [2.05, 4.69) is 25.3 Å². The Balaban J connectivity index is 1.67. The van der Waals surface area contributed by atoms with Gasteiger partial charge < -0.3 is 16.0 Å². The Morgan fingerprint density at radius 3 is 2.96 bits per heavy atom. The number of carbonyl (C=O) groups excluding carboxylic acids is 1. The highest BCUT2D eigenvalue weighted by Gasteiger charge is 2.11. The molecule has 3 aromatic rings. The molecule has 0 aliphatic heterocycles. The molecule has 23 heavy (non-hydrogen) atoms. The first-order chi connectivity index (χ1) is 11.0.